The van der Waals surface area contributed by atoms with Crippen molar-refractivity contribution in [2.24, 2.45) is 0 Å². The van der Waals surface area contributed by atoms with Gasteiger partial charge in [0.25, 0.3) is 0 Å². The lowest BCUT2D eigenvalue weighted by molar-refractivity contribution is 0.0988. The van der Waals surface area contributed by atoms with Gasteiger partial charge in [0.15, 0.2) is 5.78 Å². The predicted molar refractivity (Wildman–Crippen MR) is 63.6 cm³/mol. The second-order valence-corrected chi connectivity index (χ2v) is 5.35. The Morgan fingerprint density at radius 2 is 2.27 bits per heavy atom. The van der Waals surface area contributed by atoms with Gasteiger partial charge in [0, 0.05) is 21.9 Å². The number of nitrogens with one attached hydrogen (secondary N) is 1. The van der Waals surface area contributed by atoms with Gasteiger partial charge < -0.3 is 5.32 Å². The quantitative estimate of drug-likeness (QED) is 0.795. The summed E-state index contributed by atoms with van der Waals surface area (Å²) in [6, 6.07) is 2.55. The molecule has 0 amide bonds. The van der Waals surface area contributed by atoms with Gasteiger partial charge in [-0.15, -0.1) is 11.3 Å². The molecule has 82 valence electrons. The van der Waals surface area contributed by atoms with Crippen LogP contribution in [0.5, 0.6) is 0 Å². The van der Waals surface area contributed by atoms with Crippen LogP contribution in [0.2, 0.25) is 0 Å². The molecule has 0 radical (unpaired) electrons. The number of thiophene rings is 1. The predicted octanol–water partition coefficient (Wildman–Crippen LogP) is 2.77. The molecule has 0 spiro atoms. The molecule has 1 heterocycles. The van der Waals surface area contributed by atoms with Gasteiger partial charge in [-0.25, -0.2) is 0 Å². The lowest BCUT2D eigenvalue weighted by Crippen LogP contribution is -2.31. The normalized spacial score (nSPS) is 17.1. The fourth-order valence-corrected chi connectivity index (χ4v) is 2.77. The molecule has 2 nitrogen and oxygen atoms in total. The molecule has 1 saturated carbocycles. The summed E-state index contributed by atoms with van der Waals surface area (Å²) >= 11 is 1.64. The molecular formula is C12H17NOS. The lowest BCUT2D eigenvalue weighted by atomic mass is 10.2. The molecule has 1 aliphatic carbocycles. The average molecular weight is 223 g/mol. The summed E-state index contributed by atoms with van der Waals surface area (Å²) < 4.78 is 0. The number of hydrogen-bond donors (Lipinski definition) is 1. The number of carbonyl (C=O) groups excluding carboxylic acids is 1. The molecule has 1 aromatic rings. The minimum Gasteiger partial charge on any atom is -0.307 e. The first-order valence-electron chi connectivity index (χ1n) is 5.57. The second kappa shape index (κ2) is 4.90. The first-order chi connectivity index (χ1) is 7.25. The van der Waals surface area contributed by atoms with Gasteiger partial charge in [0.05, 0.1) is 6.54 Å². The van der Waals surface area contributed by atoms with Crippen LogP contribution in [0.4, 0.5) is 0 Å². The van der Waals surface area contributed by atoms with E-state index in [0.717, 1.165) is 5.56 Å². The zero-order valence-electron chi connectivity index (χ0n) is 9.08. The van der Waals surface area contributed by atoms with Crippen molar-refractivity contribution in [1.29, 1.82) is 0 Å². The molecule has 0 aromatic carbocycles. The number of hydrogen-bond acceptors (Lipinski definition) is 3. The SMILES string of the molecule is Cc1cc(C(=O)CNC2CCCC2)cs1. The number of aryl methyl sites for hydroxylation is 1. The lowest BCUT2D eigenvalue weighted by Gasteiger charge is -2.09. The fraction of sp³-hybridized carbons (Fsp3) is 0.583. The second-order valence-electron chi connectivity index (χ2n) is 4.23. The van der Waals surface area contributed by atoms with Crippen molar-refractivity contribution in [3.63, 3.8) is 0 Å². The van der Waals surface area contributed by atoms with E-state index in [1.54, 1.807) is 11.3 Å². The molecule has 0 bridgehead atoms. The molecule has 0 aliphatic heterocycles. The van der Waals surface area contributed by atoms with Crippen LogP contribution in [0.3, 0.4) is 0 Å². The summed E-state index contributed by atoms with van der Waals surface area (Å²) in [5.74, 6) is 0.228. The summed E-state index contributed by atoms with van der Waals surface area (Å²) in [5, 5.41) is 5.30. The van der Waals surface area contributed by atoms with Crippen molar-refractivity contribution in [1.82, 2.24) is 5.32 Å². The minimum absolute atomic E-state index is 0.228. The minimum atomic E-state index is 0.228. The third-order valence-electron chi connectivity index (χ3n) is 2.96. The number of carbonyl (C=O) groups is 1. The monoisotopic (exact) mass is 223 g/mol. The Bertz CT molecular complexity index is 339. The van der Waals surface area contributed by atoms with Crippen molar-refractivity contribution in [2.75, 3.05) is 6.54 Å². The maximum atomic E-state index is 11.8. The molecule has 15 heavy (non-hydrogen) atoms. The molecule has 1 aliphatic rings. The van der Waals surface area contributed by atoms with E-state index in [0.29, 0.717) is 12.6 Å². The van der Waals surface area contributed by atoms with E-state index in [2.05, 4.69) is 5.32 Å². The summed E-state index contributed by atoms with van der Waals surface area (Å²) in [6.45, 7) is 2.53. The molecule has 1 N–H and O–H groups in total. The number of ketones is 1. The molecule has 0 unspecified atom stereocenters. The van der Waals surface area contributed by atoms with Crippen LogP contribution in [0.1, 0.15) is 40.9 Å². The van der Waals surface area contributed by atoms with Crippen molar-refractivity contribution in [3.8, 4) is 0 Å². The Kier molecular flexibility index (Phi) is 3.54. The molecule has 2 rings (SSSR count). The van der Waals surface area contributed by atoms with Crippen molar-refractivity contribution in [2.45, 2.75) is 38.6 Å². The highest BCUT2D eigenvalue weighted by Gasteiger charge is 2.16. The van der Waals surface area contributed by atoms with Crippen LogP contribution >= 0.6 is 11.3 Å². The number of rotatable bonds is 4. The van der Waals surface area contributed by atoms with Crippen molar-refractivity contribution in [3.05, 3.63) is 21.9 Å². The van der Waals surface area contributed by atoms with E-state index in [4.69, 9.17) is 0 Å². The van der Waals surface area contributed by atoms with Gasteiger partial charge in [-0.3, -0.25) is 4.79 Å². The Balaban J connectivity index is 1.81. The Morgan fingerprint density at radius 3 is 2.87 bits per heavy atom. The van der Waals surface area contributed by atoms with Gasteiger partial charge in [-0.1, -0.05) is 12.8 Å². The van der Waals surface area contributed by atoms with Gasteiger partial charge in [0.2, 0.25) is 0 Å². The van der Waals surface area contributed by atoms with Gasteiger partial charge >= 0.3 is 0 Å². The molecule has 0 saturated heterocycles. The van der Waals surface area contributed by atoms with Crippen LogP contribution in [0.25, 0.3) is 0 Å². The summed E-state index contributed by atoms with van der Waals surface area (Å²) in [6.07, 6.45) is 5.08. The van der Waals surface area contributed by atoms with Crippen LogP contribution in [0, 0.1) is 6.92 Å². The van der Waals surface area contributed by atoms with E-state index < -0.39 is 0 Å². The van der Waals surface area contributed by atoms with Crippen LogP contribution in [-0.2, 0) is 0 Å². The summed E-state index contributed by atoms with van der Waals surface area (Å²) in [5.41, 5.74) is 0.864. The summed E-state index contributed by atoms with van der Waals surface area (Å²) in [4.78, 5) is 13.0. The zero-order valence-corrected chi connectivity index (χ0v) is 9.90. The molecule has 1 fully saturated rings. The average Bonchev–Trinajstić information content (AvgIpc) is 2.84. The van der Waals surface area contributed by atoms with Crippen LogP contribution in [-0.4, -0.2) is 18.4 Å². The molecular weight excluding hydrogens is 206 g/mol. The Hall–Kier alpha value is -0.670. The first kappa shape index (κ1) is 10.8. The smallest absolute Gasteiger partial charge is 0.177 e. The topological polar surface area (TPSA) is 29.1 Å². The van der Waals surface area contributed by atoms with Gasteiger partial charge in [0.1, 0.15) is 0 Å². The molecule has 3 heteroatoms. The Labute approximate surface area is 94.7 Å². The van der Waals surface area contributed by atoms with Crippen LogP contribution < -0.4 is 5.32 Å². The van der Waals surface area contributed by atoms with Crippen molar-refractivity contribution < 1.29 is 4.79 Å². The third-order valence-corrected chi connectivity index (χ3v) is 3.82. The molecule has 1 aromatic heterocycles. The van der Waals surface area contributed by atoms with Gasteiger partial charge in [-0.05, 0) is 25.8 Å². The van der Waals surface area contributed by atoms with E-state index in [9.17, 15) is 4.79 Å². The first-order valence-corrected chi connectivity index (χ1v) is 6.45. The maximum Gasteiger partial charge on any atom is 0.177 e. The van der Waals surface area contributed by atoms with E-state index in [1.807, 2.05) is 18.4 Å². The largest absolute Gasteiger partial charge is 0.307 e. The van der Waals surface area contributed by atoms with E-state index >= 15 is 0 Å². The highest BCUT2D eigenvalue weighted by Crippen LogP contribution is 2.18. The summed E-state index contributed by atoms with van der Waals surface area (Å²) in [7, 11) is 0. The van der Waals surface area contributed by atoms with E-state index in [-0.39, 0.29) is 5.78 Å². The van der Waals surface area contributed by atoms with Crippen LogP contribution in [0.15, 0.2) is 11.4 Å². The van der Waals surface area contributed by atoms with Gasteiger partial charge in [-0.2, -0.15) is 0 Å². The Morgan fingerprint density at radius 1 is 1.53 bits per heavy atom. The molecule has 0 atom stereocenters. The zero-order chi connectivity index (χ0) is 10.7. The van der Waals surface area contributed by atoms with E-state index in [1.165, 1.54) is 30.6 Å². The maximum absolute atomic E-state index is 11.8. The standard InChI is InChI=1S/C12H17NOS/c1-9-6-10(8-15-9)12(14)7-13-11-4-2-3-5-11/h6,8,11,13H,2-5,7H2,1H3. The van der Waals surface area contributed by atoms with Crippen molar-refractivity contribution >= 4 is 17.1 Å². The fourth-order valence-electron chi connectivity index (χ4n) is 2.06. The number of Topliss-reactive ketones (excluding diaryl/α,β-unsaturated/α-hetero) is 1. The highest BCUT2D eigenvalue weighted by molar-refractivity contribution is 7.10. The highest BCUT2D eigenvalue weighted by atomic mass is 32.1. The third kappa shape index (κ3) is 2.89.